The predicted octanol–water partition coefficient (Wildman–Crippen LogP) is 2.42. The van der Waals surface area contributed by atoms with Crippen LogP contribution in [0.1, 0.15) is 38.3 Å². The van der Waals surface area contributed by atoms with Gasteiger partial charge >= 0.3 is 0 Å². The summed E-state index contributed by atoms with van der Waals surface area (Å²) in [6.45, 7) is 5.49. The minimum atomic E-state index is 0.692. The molecule has 0 spiro atoms. The zero-order valence-corrected chi connectivity index (χ0v) is 7.83. The molecule has 0 radical (unpaired) electrons. The van der Waals surface area contributed by atoms with Crippen molar-refractivity contribution in [3.63, 3.8) is 0 Å². The van der Waals surface area contributed by atoms with Crippen molar-refractivity contribution in [1.29, 1.82) is 0 Å². The first-order valence-corrected chi connectivity index (χ1v) is 4.79. The first kappa shape index (κ1) is 7.84. The Morgan fingerprint density at radius 3 is 2.92 bits per heavy atom. The standard InChI is InChI=1S/C10H16N2/c1-8(2)7-12-6-5-10(11-12)9-3-4-9/h5-6,8-9H,3-4,7H2,1-2H3. The molecule has 0 saturated heterocycles. The second-order valence-corrected chi connectivity index (χ2v) is 4.13. The first-order chi connectivity index (χ1) is 5.75. The zero-order chi connectivity index (χ0) is 8.55. The van der Waals surface area contributed by atoms with E-state index < -0.39 is 0 Å². The van der Waals surface area contributed by atoms with Crippen LogP contribution in [-0.2, 0) is 6.54 Å². The van der Waals surface area contributed by atoms with E-state index in [2.05, 4.69) is 35.9 Å². The molecular weight excluding hydrogens is 148 g/mol. The Hall–Kier alpha value is -0.790. The maximum Gasteiger partial charge on any atom is 0.0655 e. The van der Waals surface area contributed by atoms with Gasteiger partial charge in [0.2, 0.25) is 0 Å². The molecule has 0 N–H and O–H groups in total. The molecular formula is C10H16N2. The minimum Gasteiger partial charge on any atom is -0.272 e. The molecule has 2 rings (SSSR count). The van der Waals surface area contributed by atoms with E-state index in [1.165, 1.54) is 18.5 Å². The third-order valence-electron chi connectivity index (χ3n) is 2.21. The van der Waals surface area contributed by atoms with E-state index >= 15 is 0 Å². The van der Waals surface area contributed by atoms with Gasteiger partial charge in [-0.3, -0.25) is 4.68 Å². The van der Waals surface area contributed by atoms with Crippen molar-refractivity contribution >= 4 is 0 Å². The third-order valence-corrected chi connectivity index (χ3v) is 2.21. The van der Waals surface area contributed by atoms with Crippen LogP contribution in [-0.4, -0.2) is 9.78 Å². The third kappa shape index (κ3) is 1.68. The van der Waals surface area contributed by atoms with E-state index in [4.69, 9.17) is 0 Å². The molecule has 0 unspecified atom stereocenters. The lowest BCUT2D eigenvalue weighted by Crippen LogP contribution is -2.04. The average Bonchev–Trinajstić information content (AvgIpc) is 2.73. The summed E-state index contributed by atoms with van der Waals surface area (Å²) in [7, 11) is 0. The maximum atomic E-state index is 4.53. The molecule has 0 atom stereocenters. The molecule has 66 valence electrons. The summed E-state index contributed by atoms with van der Waals surface area (Å²) >= 11 is 0. The molecule has 1 heterocycles. The lowest BCUT2D eigenvalue weighted by Gasteiger charge is -2.03. The molecule has 1 aromatic heterocycles. The lowest BCUT2D eigenvalue weighted by molar-refractivity contribution is 0.480. The van der Waals surface area contributed by atoms with Crippen LogP contribution in [0.25, 0.3) is 0 Å². The SMILES string of the molecule is CC(C)Cn1ccc(C2CC2)n1. The van der Waals surface area contributed by atoms with Gasteiger partial charge in [0.05, 0.1) is 5.69 Å². The molecule has 2 nitrogen and oxygen atoms in total. The molecule has 1 saturated carbocycles. The molecule has 0 bridgehead atoms. The van der Waals surface area contributed by atoms with Gasteiger partial charge in [0.15, 0.2) is 0 Å². The fourth-order valence-corrected chi connectivity index (χ4v) is 1.45. The second-order valence-electron chi connectivity index (χ2n) is 4.13. The lowest BCUT2D eigenvalue weighted by atomic mass is 10.2. The van der Waals surface area contributed by atoms with Crippen molar-refractivity contribution in [2.45, 2.75) is 39.2 Å². The van der Waals surface area contributed by atoms with Gasteiger partial charge in [-0.25, -0.2) is 0 Å². The summed E-state index contributed by atoms with van der Waals surface area (Å²) in [5.41, 5.74) is 1.30. The summed E-state index contributed by atoms with van der Waals surface area (Å²) in [5.74, 6) is 1.48. The highest BCUT2D eigenvalue weighted by Crippen LogP contribution is 2.38. The molecule has 2 heteroatoms. The van der Waals surface area contributed by atoms with Crippen LogP contribution < -0.4 is 0 Å². The Bertz CT molecular complexity index is 259. The number of aromatic nitrogens is 2. The van der Waals surface area contributed by atoms with Crippen molar-refractivity contribution in [2.24, 2.45) is 5.92 Å². The monoisotopic (exact) mass is 164 g/mol. The van der Waals surface area contributed by atoms with E-state index in [-0.39, 0.29) is 0 Å². The van der Waals surface area contributed by atoms with Gasteiger partial charge in [-0.15, -0.1) is 0 Å². The van der Waals surface area contributed by atoms with Crippen LogP contribution in [0.5, 0.6) is 0 Å². The van der Waals surface area contributed by atoms with E-state index in [1.807, 2.05) is 0 Å². The second kappa shape index (κ2) is 2.92. The number of nitrogens with zero attached hydrogens (tertiary/aromatic N) is 2. The number of hydrogen-bond donors (Lipinski definition) is 0. The Morgan fingerprint density at radius 2 is 2.33 bits per heavy atom. The summed E-state index contributed by atoms with van der Waals surface area (Å²) in [6, 6.07) is 2.17. The molecule has 1 fully saturated rings. The van der Waals surface area contributed by atoms with Crippen molar-refractivity contribution in [2.75, 3.05) is 0 Å². The van der Waals surface area contributed by atoms with Crippen molar-refractivity contribution < 1.29 is 0 Å². The molecule has 1 aromatic rings. The highest BCUT2D eigenvalue weighted by Gasteiger charge is 2.25. The Morgan fingerprint density at radius 1 is 1.58 bits per heavy atom. The van der Waals surface area contributed by atoms with Crippen LogP contribution in [0, 0.1) is 5.92 Å². The number of hydrogen-bond acceptors (Lipinski definition) is 1. The highest BCUT2D eigenvalue weighted by molar-refractivity contribution is 5.12. The van der Waals surface area contributed by atoms with E-state index in [0.717, 1.165) is 12.5 Å². The van der Waals surface area contributed by atoms with E-state index in [0.29, 0.717) is 5.92 Å². The Labute approximate surface area is 73.6 Å². The van der Waals surface area contributed by atoms with Crippen LogP contribution in [0.2, 0.25) is 0 Å². The van der Waals surface area contributed by atoms with E-state index in [1.54, 1.807) is 0 Å². The van der Waals surface area contributed by atoms with Crippen molar-refractivity contribution in [3.05, 3.63) is 18.0 Å². The molecule has 0 aromatic carbocycles. The van der Waals surface area contributed by atoms with Crippen LogP contribution >= 0.6 is 0 Å². The maximum absolute atomic E-state index is 4.53. The first-order valence-electron chi connectivity index (χ1n) is 4.79. The Balaban J connectivity index is 2.03. The molecule has 1 aliphatic rings. The van der Waals surface area contributed by atoms with Crippen molar-refractivity contribution in [1.82, 2.24) is 9.78 Å². The molecule has 1 aliphatic carbocycles. The Kier molecular flexibility index (Phi) is 1.91. The topological polar surface area (TPSA) is 17.8 Å². The smallest absolute Gasteiger partial charge is 0.0655 e. The van der Waals surface area contributed by atoms with Gasteiger partial charge in [-0.05, 0) is 24.8 Å². The summed E-state index contributed by atoms with van der Waals surface area (Å²) in [4.78, 5) is 0. The highest BCUT2D eigenvalue weighted by atomic mass is 15.3. The number of rotatable bonds is 3. The summed E-state index contributed by atoms with van der Waals surface area (Å²) in [5, 5.41) is 4.53. The van der Waals surface area contributed by atoms with Crippen LogP contribution in [0.3, 0.4) is 0 Å². The molecule has 12 heavy (non-hydrogen) atoms. The largest absolute Gasteiger partial charge is 0.272 e. The van der Waals surface area contributed by atoms with Crippen LogP contribution in [0.15, 0.2) is 12.3 Å². The summed E-state index contributed by atoms with van der Waals surface area (Å²) < 4.78 is 2.07. The van der Waals surface area contributed by atoms with Gasteiger partial charge in [-0.2, -0.15) is 5.10 Å². The van der Waals surface area contributed by atoms with E-state index in [9.17, 15) is 0 Å². The van der Waals surface area contributed by atoms with Gasteiger partial charge in [0.25, 0.3) is 0 Å². The minimum absolute atomic E-state index is 0.692. The zero-order valence-electron chi connectivity index (χ0n) is 7.83. The molecule has 0 aliphatic heterocycles. The van der Waals surface area contributed by atoms with Gasteiger partial charge in [-0.1, -0.05) is 13.8 Å². The summed E-state index contributed by atoms with van der Waals surface area (Å²) in [6.07, 6.45) is 4.80. The van der Waals surface area contributed by atoms with Crippen LogP contribution in [0.4, 0.5) is 0 Å². The molecule has 0 amide bonds. The van der Waals surface area contributed by atoms with Gasteiger partial charge in [0.1, 0.15) is 0 Å². The predicted molar refractivity (Wildman–Crippen MR) is 49.0 cm³/mol. The average molecular weight is 164 g/mol. The van der Waals surface area contributed by atoms with Gasteiger partial charge in [0, 0.05) is 18.7 Å². The van der Waals surface area contributed by atoms with Gasteiger partial charge < -0.3 is 0 Å². The fourth-order valence-electron chi connectivity index (χ4n) is 1.45. The quantitative estimate of drug-likeness (QED) is 0.670. The fraction of sp³-hybridized carbons (Fsp3) is 0.700. The van der Waals surface area contributed by atoms with Crippen molar-refractivity contribution in [3.8, 4) is 0 Å². The normalized spacial score (nSPS) is 17.2.